The van der Waals surface area contributed by atoms with Crippen LogP contribution in [0.2, 0.25) is 0 Å². The van der Waals surface area contributed by atoms with E-state index in [1.165, 1.54) is 12.1 Å². The fourth-order valence-electron chi connectivity index (χ4n) is 2.59. The van der Waals surface area contributed by atoms with Gasteiger partial charge in [-0.2, -0.15) is 13.2 Å². The molecule has 0 aromatic heterocycles. The molecule has 0 saturated carbocycles. The average Bonchev–Trinajstić information content (AvgIpc) is 2.64. The zero-order valence-electron chi connectivity index (χ0n) is 14.5. The molecule has 27 heavy (non-hydrogen) atoms. The molecule has 3 nitrogen and oxygen atoms in total. The maximum absolute atomic E-state index is 12.7. The average molecular weight is 370 g/mol. The van der Waals surface area contributed by atoms with E-state index in [9.17, 15) is 18.3 Å². The second kappa shape index (κ2) is 7.53. The van der Waals surface area contributed by atoms with Gasteiger partial charge in [0.15, 0.2) is 0 Å². The number of rotatable bonds is 4. The van der Waals surface area contributed by atoms with Crippen molar-refractivity contribution in [2.75, 3.05) is 5.32 Å². The SMILES string of the molecule is CC(=Nc1ccc(C(F)(F)F)cc1)c1ccccc1Nc1ccc(O)cc1. The summed E-state index contributed by atoms with van der Waals surface area (Å²) in [7, 11) is 0. The lowest BCUT2D eigenvalue weighted by atomic mass is 10.1. The Balaban J connectivity index is 1.87. The summed E-state index contributed by atoms with van der Waals surface area (Å²) in [4.78, 5) is 4.44. The van der Waals surface area contributed by atoms with Gasteiger partial charge in [-0.3, -0.25) is 4.99 Å². The third kappa shape index (κ3) is 4.67. The van der Waals surface area contributed by atoms with Crippen LogP contribution >= 0.6 is 0 Å². The standard InChI is InChI=1S/C21H17F3N2O/c1-14(25-16-8-6-15(7-9-16)21(22,23)24)19-4-2-3-5-20(19)26-17-10-12-18(27)13-11-17/h2-13,26-27H,1H3. The highest BCUT2D eigenvalue weighted by atomic mass is 19.4. The van der Waals surface area contributed by atoms with Crippen molar-refractivity contribution in [2.45, 2.75) is 13.1 Å². The smallest absolute Gasteiger partial charge is 0.416 e. The largest absolute Gasteiger partial charge is 0.508 e. The Labute approximate surface area is 154 Å². The van der Waals surface area contributed by atoms with Gasteiger partial charge < -0.3 is 10.4 Å². The van der Waals surface area contributed by atoms with Gasteiger partial charge in [0, 0.05) is 22.6 Å². The van der Waals surface area contributed by atoms with E-state index < -0.39 is 11.7 Å². The first-order chi connectivity index (χ1) is 12.8. The van der Waals surface area contributed by atoms with Crippen molar-refractivity contribution in [1.29, 1.82) is 0 Å². The van der Waals surface area contributed by atoms with Gasteiger partial charge in [0.05, 0.1) is 11.3 Å². The lowest BCUT2D eigenvalue weighted by Gasteiger charge is -2.12. The Morgan fingerprint density at radius 2 is 1.52 bits per heavy atom. The molecule has 0 aliphatic carbocycles. The Morgan fingerprint density at radius 3 is 2.15 bits per heavy atom. The maximum Gasteiger partial charge on any atom is 0.416 e. The third-order valence-corrected chi connectivity index (χ3v) is 3.95. The fraction of sp³-hybridized carbons (Fsp3) is 0.0952. The zero-order valence-corrected chi connectivity index (χ0v) is 14.5. The second-order valence-electron chi connectivity index (χ2n) is 5.96. The number of halogens is 3. The zero-order chi connectivity index (χ0) is 19.4. The van der Waals surface area contributed by atoms with E-state index in [2.05, 4.69) is 10.3 Å². The van der Waals surface area contributed by atoms with Crippen molar-refractivity contribution in [1.82, 2.24) is 0 Å². The molecule has 0 amide bonds. The number of aliphatic imine (C=N–C) groups is 1. The molecular weight excluding hydrogens is 353 g/mol. The van der Waals surface area contributed by atoms with Gasteiger partial charge in [-0.25, -0.2) is 0 Å². The number of alkyl halides is 3. The molecular formula is C21H17F3N2O. The molecule has 0 bridgehead atoms. The van der Waals surface area contributed by atoms with Gasteiger partial charge in [-0.1, -0.05) is 18.2 Å². The summed E-state index contributed by atoms with van der Waals surface area (Å²) in [5.41, 5.74) is 2.83. The normalized spacial score (nSPS) is 12.1. The second-order valence-corrected chi connectivity index (χ2v) is 5.96. The third-order valence-electron chi connectivity index (χ3n) is 3.95. The van der Waals surface area contributed by atoms with Crippen LogP contribution in [0, 0.1) is 0 Å². The monoisotopic (exact) mass is 370 g/mol. The molecule has 3 aromatic rings. The highest BCUT2D eigenvalue weighted by Gasteiger charge is 2.29. The van der Waals surface area contributed by atoms with E-state index >= 15 is 0 Å². The van der Waals surface area contributed by atoms with Crippen LogP contribution in [0.5, 0.6) is 5.75 Å². The number of anilines is 2. The van der Waals surface area contributed by atoms with E-state index in [1.54, 1.807) is 31.2 Å². The summed E-state index contributed by atoms with van der Waals surface area (Å²) in [6.45, 7) is 1.80. The van der Waals surface area contributed by atoms with Crippen molar-refractivity contribution in [2.24, 2.45) is 4.99 Å². The van der Waals surface area contributed by atoms with Crippen LogP contribution in [-0.4, -0.2) is 10.8 Å². The first kappa shape index (κ1) is 18.5. The minimum atomic E-state index is -4.36. The first-order valence-electron chi connectivity index (χ1n) is 8.21. The molecule has 0 aliphatic rings. The number of phenolic OH excluding ortho intramolecular Hbond substituents is 1. The van der Waals surface area contributed by atoms with Crippen molar-refractivity contribution in [3.8, 4) is 5.75 Å². The molecule has 0 radical (unpaired) electrons. The van der Waals surface area contributed by atoms with E-state index in [0.29, 0.717) is 11.4 Å². The minimum absolute atomic E-state index is 0.175. The number of nitrogens with zero attached hydrogens (tertiary/aromatic N) is 1. The highest BCUT2D eigenvalue weighted by molar-refractivity contribution is 6.05. The van der Waals surface area contributed by atoms with E-state index in [4.69, 9.17) is 0 Å². The molecule has 3 aromatic carbocycles. The summed E-state index contributed by atoms with van der Waals surface area (Å²) >= 11 is 0. The van der Waals surface area contributed by atoms with Crippen LogP contribution in [0.25, 0.3) is 0 Å². The summed E-state index contributed by atoms with van der Waals surface area (Å²) in [5, 5.41) is 12.6. The Bertz CT molecular complexity index is 946. The fourth-order valence-corrected chi connectivity index (χ4v) is 2.59. The lowest BCUT2D eigenvalue weighted by Crippen LogP contribution is -2.04. The number of aromatic hydroxyl groups is 1. The molecule has 3 rings (SSSR count). The Morgan fingerprint density at radius 1 is 0.889 bits per heavy atom. The number of phenols is 1. The quantitative estimate of drug-likeness (QED) is 0.418. The summed E-state index contributed by atoms with van der Waals surface area (Å²) < 4.78 is 38.0. The summed E-state index contributed by atoms with van der Waals surface area (Å²) in [6.07, 6.45) is -4.36. The van der Waals surface area contributed by atoms with Crippen LogP contribution in [0.4, 0.5) is 30.2 Å². The molecule has 138 valence electrons. The van der Waals surface area contributed by atoms with Crippen molar-refractivity contribution in [3.63, 3.8) is 0 Å². The maximum atomic E-state index is 12.7. The molecule has 0 atom stereocenters. The van der Waals surface area contributed by atoms with E-state index in [1.807, 2.05) is 24.3 Å². The first-order valence-corrected chi connectivity index (χ1v) is 8.21. The molecule has 0 spiro atoms. The van der Waals surface area contributed by atoms with Crippen LogP contribution in [0.1, 0.15) is 18.1 Å². The number of hydrogen-bond acceptors (Lipinski definition) is 3. The number of nitrogens with one attached hydrogen (secondary N) is 1. The molecule has 0 aliphatic heterocycles. The van der Waals surface area contributed by atoms with E-state index in [0.717, 1.165) is 29.1 Å². The van der Waals surface area contributed by atoms with Gasteiger partial charge in [-0.05, 0) is 61.5 Å². The lowest BCUT2D eigenvalue weighted by molar-refractivity contribution is -0.137. The molecule has 0 heterocycles. The Hall–Kier alpha value is -3.28. The highest BCUT2D eigenvalue weighted by Crippen LogP contribution is 2.31. The van der Waals surface area contributed by atoms with Gasteiger partial charge >= 0.3 is 6.18 Å². The topological polar surface area (TPSA) is 44.6 Å². The van der Waals surface area contributed by atoms with Crippen molar-refractivity contribution in [3.05, 3.63) is 83.9 Å². The molecule has 0 unspecified atom stereocenters. The van der Waals surface area contributed by atoms with Crippen LogP contribution < -0.4 is 5.32 Å². The van der Waals surface area contributed by atoms with Crippen LogP contribution in [0.3, 0.4) is 0 Å². The summed E-state index contributed by atoms with van der Waals surface area (Å²) in [5.74, 6) is 0.175. The number of para-hydroxylation sites is 1. The minimum Gasteiger partial charge on any atom is -0.508 e. The summed E-state index contributed by atoms with van der Waals surface area (Å²) in [6, 6.07) is 18.9. The molecule has 0 saturated heterocycles. The van der Waals surface area contributed by atoms with Gasteiger partial charge in [0.2, 0.25) is 0 Å². The van der Waals surface area contributed by atoms with Crippen LogP contribution in [-0.2, 0) is 6.18 Å². The van der Waals surface area contributed by atoms with Crippen molar-refractivity contribution >= 4 is 22.8 Å². The molecule has 2 N–H and O–H groups in total. The number of hydrogen-bond donors (Lipinski definition) is 2. The van der Waals surface area contributed by atoms with Crippen LogP contribution in [0.15, 0.2) is 77.8 Å². The van der Waals surface area contributed by atoms with Crippen molar-refractivity contribution < 1.29 is 18.3 Å². The van der Waals surface area contributed by atoms with Gasteiger partial charge in [0.25, 0.3) is 0 Å². The van der Waals surface area contributed by atoms with E-state index in [-0.39, 0.29) is 5.75 Å². The van der Waals surface area contributed by atoms with Gasteiger partial charge in [-0.15, -0.1) is 0 Å². The predicted molar refractivity (Wildman–Crippen MR) is 101 cm³/mol. The molecule has 6 heteroatoms. The number of benzene rings is 3. The predicted octanol–water partition coefficient (Wildman–Crippen LogP) is 6.30. The van der Waals surface area contributed by atoms with Gasteiger partial charge in [0.1, 0.15) is 5.75 Å². The molecule has 0 fully saturated rings. The Kier molecular flexibility index (Phi) is 5.16.